The van der Waals surface area contributed by atoms with Gasteiger partial charge in [0, 0.05) is 10.9 Å². The van der Waals surface area contributed by atoms with Gasteiger partial charge >= 0.3 is 0 Å². The number of carbonyl (C=O) groups excluding carboxylic acids is 1. The smallest absolute Gasteiger partial charge is 0.234 e. The van der Waals surface area contributed by atoms with Crippen molar-refractivity contribution in [3.8, 4) is 0 Å². The second-order valence-corrected chi connectivity index (χ2v) is 8.79. The van der Waals surface area contributed by atoms with Crippen LogP contribution in [0.2, 0.25) is 0 Å². The number of aromatic nitrogens is 4. The number of H-pyrrole nitrogens is 1. The quantitative estimate of drug-likeness (QED) is 0.368. The minimum atomic E-state index is -0.395. The molecule has 0 aliphatic carbocycles. The first-order valence-corrected chi connectivity index (χ1v) is 11.2. The molecule has 0 spiro atoms. The lowest BCUT2D eigenvalue weighted by molar-refractivity contribution is -0.120. The van der Waals surface area contributed by atoms with Crippen molar-refractivity contribution >= 4 is 39.7 Å². The lowest BCUT2D eigenvalue weighted by atomic mass is 9.98. The molecule has 0 aliphatic heterocycles. The van der Waals surface area contributed by atoms with E-state index in [1.165, 1.54) is 11.8 Å². The molecule has 1 amide bonds. The number of thioether (sulfide) groups is 1. The van der Waals surface area contributed by atoms with Gasteiger partial charge in [-0.3, -0.25) is 4.79 Å². The summed E-state index contributed by atoms with van der Waals surface area (Å²) in [5.74, 6) is -0.0898. The number of fused-ring (bicyclic) bond motifs is 3. The average Bonchev–Trinajstić information content (AvgIpc) is 3.21. The molecule has 0 radical (unpaired) electrons. The van der Waals surface area contributed by atoms with Gasteiger partial charge in [-0.1, -0.05) is 90.6 Å². The molecular weight excluding hydrogens is 418 g/mol. The van der Waals surface area contributed by atoms with Crippen LogP contribution < -0.4 is 5.32 Å². The second-order valence-electron chi connectivity index (χ2n) is 7.49. The van der Waals surface area contributed by atoms with Crippen molar-refractivity contribution < 1.29 is 4.79 Å². The van der Waals surface area contributed by atoms with Crippen LogP contribution in [0.4, 0.5) is 0 Å². The number of hydrogen-bond acceptors (Lipinski definition) is 5. The van der Waals surface area contributed by atoms with E-state index < -0.39 is 5.25 Å². The van der Waals surface area contributed by atoms with Gasteiger partial charge in [-0.15, -0.1) is 10.2 Å². The Morgan fingerprint density at radius 3 is 2.19 bits per heavy atom. The Morgan fingerprint density at radius 2 is 1.50 bits per heavy atom. The molecule has 0 saturated carbocycles. The van der Waals surface area contributed by atoms with E-state index in [-0.39, 0.29) is 11.9 Å². The zero-order valence-corrected chi connectivity index (χ0v) is 18.2. The predicted molar refractivity (Wildman–Crippen MR) is 127 cm³/mol. The highest BCUT2D eigenvalue weighted by molar-refractivity contribution is 8.00. The number of nitrogens with zero attached hydrogens (tertiary/aromatic N) is 3. The first-order chi connectivity index (χ1) is 15.7. The molecule has 5 rings (SSSR count). The summed E-state index contributed by atoms with van der Waals surface area (Å²) in [7, 11) is 0. The summed E-state index contributed by atoms with van der Waals surface area (Å²) in [6.07, 6.45) is 0. The van der Waals surface area contributed by atoms with E-state index in [9.17, 15) is 4.79 Å². The molecule has 2 N–H and O–H groups in total. The zero-order valence-electron chi connectivity index (χ0n) is 17.4. The molecule has 32 heavy (non-hydrogen) atoms. The lowest BCUT2D eigenvalue weighted by Gasteiger charge is -2.21. The predicted octanol–water partition coefficient (Wildman–Crippen LogP) is 4.89. The van der Waals surface area contributed by atoms with Gasteiger partial charge in [-0.25, -0.2) is 4.98 Å². The Labute approximate surface area is 189 Å². The van der Waals surface area contributed by atoms with E-state index in [2.05, 4.69) is 25.5 Å². The zero-order chi connectivity index (χ0) is 21.9. The van der Waals surface area contributed by atoms with E-state index in [1.807, 2.05) is 91.9 Å². The van der Waals surface area contributed by atoms with Crippen molar-refractivity contribution in [2.75, 3.05) is 0 Å². The number of nitrogens with one attached hydrogen (secondary N) is 2. The summed E-state index contributed by atoms with van der Waals surface area (Å²) in [6, 6.07) is 27.6. The fourth-order valence-corrected chi connectivity index (χ4v) is 4.40. The largest absolute Gasteiger partial charge is 0.344 e. The molecule has 3 aromatic carbocycles. The second kappa shape index (κ2) is 8.80. The summed E-state index contributed by atoms with van der Waals surface area (Å²) < 4.78 is 0. The topological polar surface area (TPSA) is 83.6 Å². The molecule has 5 aromatic rings. The van der Waals surface area contributed by atoms with E-state index in [0.29, 0.717) is 10.8 Å². The normalized spacial score (nSPS) is 12.3. The number of rotatable bonds is 6. The number of amides is 1. The lowest BCUT2D eigenvalue weighted by Crippen LogP contribution is -2.35. The highest BCUT2D eigenvalue weighted by Gasteiger charge is 2.22. The molecule has 0 bridgehead atoms. The SMILES string of the molecule is CC(Sc1nnc2c(n1)[nH]c1ccccc12)C(=O)NC(c1ccccc1)c1ccccc1. The highest BCUT2D eigenvalue weighted by atomic mass is 32.2. The van der Waals surface area contributed by atoms with Gasteiger partial charge in [0.05, 0.1) is 11.3 Å². The van der Waals surface area contributed by atoms with Crippen LogP contribution in [0.3, 0.4) is 0 Å². The Morgan fingerprint density at radius 1 is 0.875 bits per heavy atom. The maximum absolute atomic E-state index is 13.1. The van der Waals surface area contributed by atoms with Crippen LogP contribution in [0.5, 0.6) is 0 Å². The summed E-state index contributed by atoms with van der Waals surface area (Å²) in [4.78, 5) is 20.9. The van der Waals surface area contributed by atoms with Crippen LogP contribution in [-0.4, -0.2) is 31.3 Å². The van der Waals surface area contributed by atoms with Crippen molar-refractivity contribution in [2.45, 2.75) is 23.4 Å². The molecule has 2 heterocycles. The van der Waals surface area contributed by atoms with E-state index in [0.717, 1.165) is 27.5 Å². The third-order valence-electron chi connectivity index (χ3n) is 5.31. The fraction of sp³-hybridized carbons (Fsp3) is 0.120. The van der Waals surface area contributed by atoms with Crippen LogP contribution in [0, 0.1) is 0 Å². The van der Waals surface area contributed by atoms with Crippen molar-refractivity contribution in [3.05, 3.63) is 96.1 Å². The molecule has 0 aliphatic rings. The Bertz CT molecular complexity index is 1330. The van der Waals surface area contributed by atoms with Crippen molar-refractivity contribution in [1.29, 1.82) is 0 Å². The maximum Gasteiger partial charge on any atom is 0.234 e. The molecule has 0 saturated heterocycles. The average molecular weight is 440 g/mol. The van der Waals surface area contributed by atoms with Crippen LogP contribution in [0.25, 0.3) is 22.1 Å². The fourth-order valence-electron chi connectivity index (χ4n) is 3.68. The van der Waals surface area contributed by atoms with Gasteiger partial charge in [0.15, 0.2) is 5.65 Å². The first kappa shape index (κ1) is 20.2. The van der Waals surface area contributed by atoms with Crippen LogP contribution in [-0.2, 0) is 4.79 Å². The molecule has 6 nitrogen and oxygen atoms in total. The van der Waals surface area contributed by atoms with Gasteiger partial charge < -0.3 is 10.3 Å². The number of benzene rings is 3. The number of aromatic amines is 1. The minimum Gasteiger partial charge on any atom is -0.344 e. The molecule has 0 fully saturated rings. The Hall–Kier alpha value is -3.71. The summed E-state index contributed by atoms with van der Waals surface area (Å²) >= 11 is 1.29. The van der Waals surface area contributed by atoms with E-state index >= 15 is 0 Å². The summed E-state index contributed by atoms with van der Waals surface area (Å²) in [5.41, 5.74) is 4.42. The highest BCUT2D eigenvalue weighted by Crippen LogP contribution is 2.27. The Kier molecular flexibility index (Phi) is 5.56. The van der Waals surface area contributed by atoms with Gasteiger partial charge in [-0.2, -0.15) is 0 Å². The maximum atomic E-state index is 13.1. The van der Waals surface area contributed by atoms with E-state index in [1.54, 1.807) is 0 Å². The van der Waals surface area contributed by atoms with Gasteiger partial charge in [0.25, 0.3) is 0 Å². The molecule has 1 atom stereocenters. The summed E-state index contributed by atoms with van der Waals surface area (Å²) in [5, 5.41) is 12.8. The number of para-hydroxylation sites is 1. The molecule has 2 aromatic heterocycles. The molecular formula is C25H21N5OS. The monoisotopic (exact) mass is 439 g/mol. The minimum absolute atomic E-state index is 0.0898. The van der Waals surface area contributed by atoms with Gasteiger partial charge in [-0.05, 0) is 24.1 Å². The number of carbonyl (C=O) groups is 1. The first-order valence-electron chi connectivity index (χ1n) is 10.4. The van der Waals surface area contributed by atoms with Crippen molar-refractivity contribution in [1.82, 2.24) is 25.5 Å². The standard InChI is InChI=1S/C25H21N5OS/c1-16(32-25-28-23-22(29-30-25)19-14-8-9-15-20(19)26-23)24(31)27-21(17-10-4-2-5-11-17)18-12-6-3-7-13-18/h2-16,21H,1H3,(H,27,31)(H,26,28,30). The molecule has 1 unspecified atom stereocenters. The van der Waals surface area contributed by atoms with Gasteiger partial charge in [0.1, 0.15) is 5.52 Å². The Balaban J connectivity index is 1.36. The van der Waals surface area contributed by atoms with Gasteiger partial charge in [0.2, 0.25) is 11.1 Å². The molecule has 7 heteroatoms. The molecule has 158 valence electrons. The third kappa shape index (κ3) is 4.07. The number of hydrogen-bond donors (Lipinski definition) is 2. The van der Waals surface area contributed by atoms with Crippen LogP contribution in [0.15, 0.2) is 90.1 Å². The van der Waals surface area contributed by atoms with E-state index in [4.69, 9.17) is 0 Å². The summed E-state index contributed by atoms with van der Waals surface area (Å²) in [6.45, 7) is 1.85. The van der Waals surface area contributed by atoms with Crippen molar-refractivity contribution in [3.63, 3.8) is 0 Å². The van der Waals surface area contributed by atoms with Crippen LogP contribution >= 0.6 is 11.8 Å². The third-order valence-corrected chi connectivity index (χ3v) is 6.26. The van der Waals surface area contributed by atoms with Crippen molar-refractivity contribution in [2.24, 2.45) is 0 Å². The van der Waals surface area contributed by atoms with Crippen LogP contribution in [0.1, 0.15) is 24.1 Å².